The summed E-state index contributed by atoms with van der Waals surface area (Å²) < 4.78 is 0. The normalized spacial score (nSPS) is 10.8. The molecule has 4 rings (SSSR count). The topological polar surface area (TPSA) is 17.1 Å². The molecule has 30 heavy (non-hydrogen) atoms. The van der Waals surface area contributed by atoms with Crippen molar-refractivity contribution < 1.29 is 21.8 Å². The maximum absolute atomic E-state index is 13.5. The molecule has 150 valence electrons. The number of carbonyl (C=O) groups excluding carboxylic acids is 1. The van der Waals surface area contributed by atoms with Gasteiger partial charge >= 0.3 is 0 Å². The fourth-order valence-corrected chi connectivity index (χ4v) is 7.94. The molecule has 4 aromatic rings. The third-order valence-corrected chi connectivity index (χ3v) is 9.69. The van der Waals surface area contributed by atoms with Crippen LogP contribution in [-0.4, -0.2) is 11.9 Å². The van der Waals surface area contributed by atoms with Crippen LogP contribution in [0.1, 0.15) is 10.4 Å². The standard InChI is InChI=1S/C26H21ClOP.BrH/c27-22-18-16-21(17-19-22)26(28)20-29(23-10-4-1-5-11-23,24-12-6-2-7-13-24)25-14-8-3-9-15-25;/h1-19H,20H2;1H/q+1;/p-1. The monoisotopic (exact) mass is 494 g/mol. The lowest BCUT2D eigenvalue weighted by Gasteiger charge is -2.27. The Morgan fingerprint density at radius 2 is 0.967 bits per heavy atom. The molecule has 4 heteroatoms. The zero-order valence-corrected chi connectivity index (χ0v) is 19.5. The van der Waals surface area contributed by atoms with Crippen molar-refractivity contribution in [1.29, 1.82) is 0 Å². The van der Waals surface area contributed by atoms with Crippen molar-refractivity contribution in [2.75, 3.05) is 6.16 Å². The van der Waals surface area contributed by atoms with Crippen LogP contribution in [0.25, 0.3) is 0 Å². The van der Waals surface area contributed by atoms with Gasteiger partial charge < -0.3 is 17.0 Å². The quantitative estimate of drug-likeness (QED) is 0.297. The first-order valence-electron chi connectivity index (χ1n) is 9.54. The van der Waals surface area contributed by atoms with Crippen molar-refractivity contribution in [2.24, 2.45) is 0 Å². The SMILES string of the molecule is O=C(C[P+](c1ccccc1)(c1ccccc1)c1ccccc1)c1ccc(Cl)cc1.[Br-]. The molecule has 0 amide bonds. The zero-order chi connectivity index (χ0) is 20.1. The molecule has 0 aliphatic carbocycles. The molecule has 0 radical (unpaired) electrons. The number of benzene rings is 4. The lowest BCUT2D eigenvalue weighted by molar-refractivity contribution is -0.0000133. The summed E-state index contributed by atoms with van der Waals surface area (Å²) in [5, 5.41) is 4.26. The number of halogens is 2. The first-order valence-corrected chi connectivity index (χ1v) is 11.9. The van der Waals surface area contributed by atoms with E-state index in [1.54, 1.807) is 12.1 Å². The Morgan fingerprint density at radius 3 is 1.33 bits per heavy atom. The average Bonchev–Trinajstić information content (AvgIpc) is 2.79. The van der Waals surface area contributed by atoms with Gasteiger partial charge in [0.25, 0.3) is 0 Å². The largest absolute Gasteiger partial charge is 1.00 e. The maximum Gasteiger partial charge on any atom is 0.201 e. The number of hydrogen-bond acceptors (Lipinski definition) is 1. The lowest BCUT2D eigenvalue weighted by Crippen LogP contribution is -3.00. The van der Waals surface area contributed by atoms with Gasteiger partial charge in [-0.1, -0.05) is 66.2 Å². The van der Waals surface area contributed by atoms with Gasteiger partial charge in [0.1, 0.15) is 29.3 Å². The molecule has 0 bridgehead atoms. The zero-order valence-electron chi connectivity index (χ0n) is 16.3. The van der Waals surface area contributed by atoms with Gasteiger partial charge in [-0.2, -0.15) is 0 Å². The first-order chi connectivity index (χ1) is 14.2. The van der Waals surface area contributed by atoms with Crippen molar-refractivity contribution in [2.45, 2.75) is 0 Å². The fourth-order valence-electron chi connectivity index (χ4n) is 3.71. The van der Waals surface area contributed by atoms with E-state index in [1.165, 1.54) is 15.9 Å². The van der Waals surface area contributed by atoms with Crippen LogP contribution >= 0.6 is 18.9 Å². The molecular weight excluding hydrogens is 475 g/mol. The Hall–Kier alpha value is -2.25. The van der Waals surface area contributed by atoms with E-state index in [0.717, 1.165) is 0 Å². The minimum atomic E-state index is -2.17. The Morgan fingerprint density at radius 1 is 0.600 bits per heavy atom. The van der Waals surface area contributed by atoms with Crippen LogP contribution in [0.2, 0.25) is 5.02 Å². The van der Waals surface area contributed by atoms with Crippen molar-refractivity contribution >= 4 is 40.6 Å². The van der Waals surface area contributed by atoms with E-state index < -0.39 is 7.26 Å². The van der Waals surface area contributed by atoms with E-state index in [-0.39, 0.29) is 22.8 Å². The second-order valence-corrected chi connectivity index (χ2v) is 10.8. The highest BCUT2D eigenvalue weighted by atomic mass is 79.9. The average molecular weight is 496 g/mol. The number of rotatable bonds is 6. The molecule has 0 heterocycles. The highest BCUT2D eigenvalue weighted by Gasteiger charge is 2.47. The Kier molecular flexibility index (Phi) is 7.61. The van der Waals surface area contributed by atoms with Crippen LogP contribution < -0.4 is 32.9 Å². The van der Waals surface area contributed by atoms with Crippen LogP contribution in [0, 0.1) is 0 Å². The molecule has 0 atom stereocenters. The van der Waals surface area contributed by atoms with Gasteiger partial charge in [-0.15, -0.1) is 0 Å². The van der Waals surface area contributed by atoms with Gasteiger partial charge in [0.05, 0.1) is 0 Å². The Bertz CT molecular complexity index is 988. The van der Waals surface area contributed by atoms with Crippen LogP contribution in [0.5, 0.6) is 0 Å². The molecule has 0 aliphatic heterocycles. The van der Waals surface area contributed by atoms with E-state index in [1.807, 2.05) is 30.3 Å². The molecule has 0 fully saturated rings. The van der Waals surface area contributed by atoms with E-state index in [4.69, 9.17) is 11.6 Å². The molecule has 0 N–H and O–H groups in total. The van der Waals surface area contributed by atoms with E-state index >= 15 is 0 Å². The van der Waals surface area contributed by atoms with Crippen molar-refractivity contribution in [1.82, 2.24) is 0 Å². The number of carbonyl (C=O) groups is 1. The van der Waals surface area contributed by atoms with Crippen LogP contribution in [-0.2, 0) is 0 Å². The van der Waals surface area contributed by atoms with Crippen LogP contribution in [0.15, 0.2) is 115 Å². The predicted octanol–water partition coefficient (Wildman–Crippen LogP) is 2.52. The van der Waals surface area contributed by atoms with Crippen LogP contribution in [0.4, 0.5) is 0 Å². The Labute approximate surface area is 193 Å². The Balaban J connectivity index is 0.00000256. The highest BCUT2D eigenvalue weighted by molar-refractivity contribution is 7.96. The summed E-state index contributed by atoms with van der Waals surface area (Å²) in [6, 6.07) is 38.6. The summed E-state index contributed by atoms with van der Waals surface area (Å²) in [4.78, 5) is 13.5. The smallest absolute Gasteiger partial charge is 0.201 e. The third kappa shape index (κ3) is 4.57. The summed E-state index contributed by atoms with van der Waals surface area (Å²) >= 11 is 6.03. The van der Waals surface area contributed by atoms with Crippen molar-refractivity contribution in [3.8, 4) is 0 Å². The van der Waals surface area contributed by atoms with E-state index in [2.05, 4.69) is 72.8 Å². The number of hydrogen-bond donors (Lipinski definition) is 0. The van der Waals surface area contributed by atoms with Crippen LogP contribution in [0.3, 0.4) is 0 Å². The maximum atomic E-state index is 13.5. The number of ketones is 1. The van der Waals surface area contributed by atoms with E-state index in [0.29, 0.717) is 16.7 Å². The van der Waals surface area contributed by atoms with Gasteiger partial charge in [0.15, 0.2) is 0 Å². The molecular formula is C26H21BrClOP. The van der Waals surface area contributed by atoms with Gasteiger partial charge in [0.2, 0.25) is 5.78 Å². The summed E-state index contributed by atoms with van der Waals surface area (Å²) in [7, 11) is -2.17. The van der Waals surface area contributed by atoms with Gasteiger partial charge in [0, 0.05) is 10.6 Å². The summed E-state index contributed by atoms with van der Waals surface area (Å²) in [5.41, 5.74) is 0.696. The molecule has 0 unspecified atom stereocenters. The summed E-state index contributed by atoms with van der Waals surface area (Å²) in [5.74, 6) is 0.131. The molecule has 1 nitrogen and oxygen atoms in total. The first kappa shape index (κ1) is 22.4. The minimum Gasteiger partial charge on any atom is -1.00 e. The molecule has 0 aromatic heterocycles. The number of Topliss-reactive ketones (excluding diaryl/α,β-unsaturated/α-hetero) is 1. The second-order valence-electron chi connectivity index (χ2n) is 6.90. The predicted molar refractivity (Wildman–Crippen MR) is 126 cm³/mol. The molecule has 0 saturated carbocycles. The van der Waals surface area contributed by atoms with E-state index in [9.17, 15) is 4.79 Å². The van der Waals surface area contributed by atoms with Crippen molar-refractivity contribution in [3.05, 3.63) is 126 Å². The summed E-state index contributed by atoms with van der Waals surface area (Å²) in [6.45, 7) is 0. The molecule has 0 saturated heterocycles. The fraction of sp³-hybridized carbons (Fsp3) is 0.0385. The van der Waals surface area contributed by atoms with Gasteiger partial charge in [-0.05, 0) is 60.7 Å². The molecule has 0 aliphatic rings. The minimum absolute atomic E-state index is 0. The second kappa shape index (κ2) is 10.2. The van der Waals surface area contributed by atoms with Crippen molar-refractivity contribution in [3.63, 3.8) is 0 Å². The highest BCUT2D eigenvalue weighted by Crippen LogP contribution is 2.55. The summed E-state index contributed by atoms with van der Waals surface area (Å²) in [6.07, 6.45) is 0.437. The molecule has 0 spiro atoms. The van der Waals surface area contributed by atoms with Gasteiger partial charge in [-0.3, -0.25) is 4.79 Å². The van der Waals surface area contributed by atoms with Gasteiger partial charge in [-0.25, -0.2) is 0 Å². The molecule has 4 aromatic carbocycles. The lowest BCUT2D eigenvalue weighted by atomic mass is 10.1. The third-order valence-electron chi connectivity index (χ3n) is 5.14.